The molecule has 1 heterocycles. The zero-order valence-electron chi connectivity index (χ0n) is 21.2. The maximum Gasteiger partial charge on any atom is 0.326 e. The van der Waals surface area contributed by atoms with E-state index in [2.05, 4.69) is 10.6 Å². The summed E-state index contributed by atoms with van der Waals surface area (Å²) < 4.78 is 5.81. The molecule has 3 amide bonds. The van der Waals surface area contributed by atoms with Gasteiger partial charge >= 0.3 is 5.97 Å². The molecule has 0 radical (unpaired) electrons. The summed E-state index contributed by atoms with van der Waals surface area (Å²) in [6.45, 7) is 0.974. The molecule has 198 valence electrons. The van der Waals surface area contributed by atoms with Gasteiger partial charge in [0.25, 0.3) is 5.91 Å². The number of amides is 3. The number of hydrogen-bond donors (Lipinski definition) is 3. The maximum absolute atomic E-state index is 13.2. The molecule has 0 fully saturated rings. The Morgan fingerprint density at radius 1 is 0.973 bits per heavy atom. The number of nitrogens with one attached hydrogen (secondary N) is 2. The summed E-state index contributed by atoms with van der Waals surface area (Å²) in [7, 11) is 1.73. The summed E-state index contributed by atoms with van der Waals surface area (Å²) in [6, 6.07) is 14.0. The minimum Gasteiger partial charge on any atom is -0.493 e. The van der Waals surface area contributed by atoms with Crippen molar-refractivity contribution in [2.45, 2.75) is 57.0 Å². The lowest BCUT2D eigenvalue weighted by Crippen LogP contribution is -2.49. The van der Waals surface area contributed by atoms with Gasteiger partial charge in [-0.2, -0.15) is 0 Å². The zero-order chi connectivity index (χ0) is 26.6. The van der Waals surface area contributed by atoms with E-state index in [1.165, 1.54) is 0 Å². The second kappa shape index (κ2) is 14.0. The molecule has 0 spiro atoms. The Kier molecular flexibility index (Phi) is 10.5. The topological polar surface area (TPSA) is 125 Å². The van der Waals surface area contributed by atoms with Gasteiger partial charge in [0, 0.05) is 26.4 Å². The van der Waals surface area contributed by atoms with Crippen LogP contribution in [0.5, 0.6) is 5.75 Å². The number of nitrogens with zero attached hydrogens (tertiary/aromatic N) is 1. The smallest absolute Gasteiger partial charge is 0.326 e. The molecule has 2 aromatic rings. The molecule has 0 aromatic heterocycles. The molecule has 2 atom stereocenters. The zero-order valence-corrected chi connectivity index (χ0v) is 21.2. The summed E-state index contributed by atoms with van der Waals surface area (Å²) >= 11 is 0. The first-order valence-electron chi connectivity index (χ1n) is 12.7. The second-order valence-corrected chi connectivity index (χ2v) is 9.23. The van der Waals surface area contributed by atoms with Gasteiger partial charge in [-0.3, -0.25) is 14.4 Å². The highest BCUT2D eigenvalue weighted by Gasteiger charge is 2.27. The van der Waals surface area contributed by atoms with E-state index >= 15 is 0 Å². The normalized spacial score (nSPS) is 20.8. The molecule has 9 heteroatoms. The van der Waals surface area contributed by atoms with E-state index < -0.39 is 29.9 Å². The number of likely N-dealkylation sites (N-methyl/N-ethyl adjacent to an activating group) is 1. The van der Waals surface area contributed by atoms with E-state index in [4.69, 9.17) is 4.74 Å². The number of carbonyl (C=O) groups is 4. The van der Waals surface area contributed by atoms with Gasteiger partial charge in [-0.1, -0.05) is 55.3 Å². The summed E-state index contributed by atoms with van der Waals surface area (Å²) in [6.07, 6.45) is 3.41. The van der Waals surface area contributed by atoms with Crippen LogP contribution in [0, 0.1) is 0 Å². The fourth-order valence-electron chi connectivity index (χ4n) is 4.23. The Balaban J connectivity index is 1.78. The number of benzene rings is 2. The molecular weight excluding hydrogens is 474 g/mol. The molecule has 0 saturated heterocycles. The Hall–Kier alpha value is -3.88. The van der Waals surface area contributed by atoms with Crippen molar-refractivity contribution in [3.8, 4) is 5.75 Å². The van der Waals surface area contributed by atoms with E-state index in [-0.39, 0.29) is 24.3 Å². The van der Waals surface area contributed by atoms with Crippen molar-refractivity contribution in [2.24, 2.45) is 0 Å². The average molecular weight is 510 g/mol. The number of hydrogen-bond acceptors (Lipinski definition) is 5. The Labute approximate surface area is 217 Å². The molecular formula is C28H35N3O6. The van der Waals surface area contributed by atoms with Crippen LogP contribution in [0.2, 0.25) is 0 Å². The van der Waals surface area contributed by atoms with Crippen LogP contribution in [0.4, 0.5) is 0 Å². The molecule has 3 rings (SSSR count). The Morgan fingerprint density at radius 2 is 1.68 bits per heavy atom. The van der Waals surface area contributed by atoms with Gasteiger partial charge in [-0.25, -0.2) is 4.79 Å². The van der Waals surface area contributed by atoms with Gasteiger partial charge in [-0.05, 0) is 37.0 Å². The number of carboxylic acids is 1. The molecule has 1 aliphatic heterocycles. The first kappa shape index (κ1) is 27.7. The number of ether oxygens (including phenoxy) is 1. The van der Waals surface area contributed by atoms with Gasteiger partial charge in [-0.15, -0.1) is 0 Å². The van der Waals surface area contributed by atoms with Crippen LogP contribution in [-0.2, 0) is 20.8 Å². The first-order chi connectivity index (χ1) is 17.8. The van der Waals surface area contributed by atoms with Crippen molar-refractivity contribution in [1.29, 1.82) is 0 Å². The maximum atomic E-state index is 13.2. The quantitative estimate of drug-likeness (QED) is 0.584. The van der Waals surface area contributed by atoms with Gasteiger partial charge in [0.15, 0.2) is 0 Å². The highest BCUT2D eigenvalue weighted by molar-refractivity contribution is 5.99. The van der Waals surface area contributed by atoms with Gasteiger partial charge < -0.3 is 25.4 Å². The van der Waals surface area contributed by atoms with Crippen LogP contribution < -0.4 is 15.4 Å². The highest BCUT2D eigenvalue weighted by Crippen LogP contribution is 2.19. The SMILES string of the molecule is CN1CCCCCCOc2ccccc2C(=O)N[C@H](C(=O)O)CCC(=O)N[C@@H](Cc2ccccc2)C1=O. The molecule has 1 aliphatic rings. The van der Waals surface area contributed by atoms with Gasteiger partial charge in [0.05, 0.1) is 12.2 Å². The number of rotatable bonds is 3. The summed E-state index contributed by atoms with van der Waals surface area (Å²) in [4.78, 5) is 52.4. The number of carboxylic acid groups (broad SMARTS) is 1. The van der Waals surface area contributed by atoms with Crippen LogP contribution in [-0.4, -0.2) is 66.0 Å². The van der Waals surface area contributed by atoms with Crippen molar-refractivity contribution in [3.05, 3.63) is 65.7 Å². The summed E-state index contributed by atoms with van der Waals surface area (Å²) in [5.41, 5.74) is 1.15. The van der Waals surface area contributed by atoms with E-state index in [1.807, 2.05) is 30.3 Å². The van der Waals surface area contributed by atoms with Gasteiger partial charge in [0.2, 0.25) is 11.8 Å². The lowest BCUT2D eigenvalue weighted by atomic mass is 10.0. The van der Waals surface area contributed by atoms with Gasteiger partial charge in [0.1, 0.15) is 17.8 Å². The van der Waals surface area contributed by atoms with E-state index in [1.54, 1.807) is 36.2 Å². The Bertz CT molecular complexity index is 1070. The van der Waals surface area contributed by atoms with Crippen molar-refractivity contribution >= 4 is 23.7 Å². The largest absolute Gasteiger partial charge is 0.493 e. The van der Waals surface area contributed by atoms with E-state index in [0.717, 1.165) is 31.2 Å². The van der Waals surface area contributed by atoms with Crippen LogP contribution >= 0.6 is 0 Å². The molecule has 9 nitrogen and oxygen atoms in total. The predicted octanol–water partition coefficient (Wildman–Crippen LogP) is 2.79. The minimum absolute atomic E-state index is 0.127. The molecule has 37 heavy (non-hydrogen) atoms. The monoisotopic (exact) mass is 509 g/mol. The minimum atomic E-state index is -1.28. The van der Waals surface area contributed by atoms with Crippen LogP contribution in [0.1, 0.15) is 54.4 Å². The lowest BCUT2D eigenvalue weighted by molar-refractivity contribution is -0.140. The van der Waals surface area contributed by atoms with Crippen molar-refractivity contribution < 1.29 is 29.0 Å². The third-order valence-electron chi connectivity index (χ3n) is 6.33. The van der Waals surface area contributed by atoms with E-state index in [0.29, 0.717) is 25.3 Å². The summed E-state index contributed by atoms with van der Waals surface area (Å²) in [5, 5.41) is 15.0. The number of aliphatic carboxylic acids is 1. The standard InChI is InChI=1S/C28H35N3O6/c1-31-17-9-2-3-10-18-37-24-14-8-7-13-21(24)26(33)30-22(28(35)36)15-16-25(32)29-23(27(31)34)19-20-11-5-4-6-12-20/h4-8,11-14,22-23H,2-3,9-10,15-19H2,1H3,(H,29,32)(H,30,33)(H,35,36)/t22-,23-/m0/s1. The highest BCUT2D eigenvalue weighted by atomic mass is 16.5. The van der Waals surface area contributed by atoms with E-state index in [9.17, 15) is 24.3 Å². The molecule has 0 bridgehead atoms. The molecule has 2 aromatic carbocycles. The predicted molar refractivity (Wildman–Crippen MR) is 138 cm³/mol. The summed E-state index contributed by atoms with van der Waals surface area (Å²) in [5.74, 6) is -2.10. The molecule has 0 unspecified atom stereocenters. The van der Waals surface area contributed by atoms with Crippen molar-refractivity contribution in [3.63, 3.8) is 0 Å². The molecule has 0 aliphatic carbocycles. The van der Waals surface area contributed by atoms with Crippen LogP contribution in [0.25, 0.3) is 0 Å². The van der Waals surface area contributed by atoms with Crippen LogP contribution in [0.3, 0.4) is 0 Å². The number of fused-ring (bicyclic) bond motifs is 1. The average Bonchev–Trinajstić information content (AvgIpc) is 2.89. The van der Waals surface area contributed by atoms with Crippen molar-refractivity contribution in [1.82, 2.24) is 15.5 Å². The molecule has 3 N–H and O–H groups in total. The Morgan fingerprint density at radius 3 is 2.43 bits per heavy atom. The third kappa shape index (κ3) is 8.63. The fourth-order valence-corrected chi connectivity index (χ4v) is 4.23. The van der Waals surface area contributed by atoms with Crippen molar-refractivity contribution in [2.75, 3.05) is 20.2 Å². The fraction of sp³-hybridized carbons (Fsp3) is 0.429. The third-order valence-corrected chi connectivity index (χ3v) is 6.33. The first-order valence-corrected chi connectivity index (χ1v) is 12.7. The number of para-hydroxylation sites is 1. The van der Waals surface area contributed by atoms with Crippen LogP contribution in [0.15, 0.2) is 54.6 Å². The lowest BCUT2D eigenvalue weighted by Gasteiger charge is -2.25. The number of carbonyl (C=O) groups excluding carboxylic acids is 3. The molecule has 0 saturated carbocycles. The second-order valence-electron chi connectivity index (χ2n) is 9.23.